The Morgan fingerprint density at radius 1 is 1.00 bits per heavy atom. The lowest BCUT2D eigenvalue weighted by Gasteiger charge is -2.30. The first-order valence-corrected chi connectivity index (χ1v) is 19.7. The van der Waals surface area contributed by atoms with E-state index in [1.165, 1.54) is 4.90 Å². The predicted molar refractivity (Wildman–Crippen MR) is 197 cm³/mol. The quantitative estimate of drug-likeness (QED) is 0.302. The number of allylic oxidation sites excluding steroid dienone is 1. The molecule has 4 aliphatic rings. The number of ether oxygens (including phenoxy) is 3. The molecular weight excluding hydrogens is 719 g/mol. The van der Waals surface area contributed by atoms with Crippen molar-refractivity contribution in [1.82, 2.24) is 20.3 Å². The normalized spacial score (nSPS) is 26.2. The van der Waals surface area contributed by atoms with Crippen LogP contribution in [-0.2, 0) is 38.6 Å². The molecule has 5 amide bonds. The second kappa shape index (κ2) is 15.8. The number of sulfonamides is 1. The Hall–Kier alpha value is -4.96. The maximum Gasteiger partial charge on any atom is 0.411 e. The number of nitrogens with zero attached hydrogens (tertiary/aromatic N) is 1. The van der Waals surface area contributed by atoms with Crippen molar-refractivity contribution in [2.75, 3.05) is 25.1 Å². The smallest absolute Gasteiger partial charge is 0.411 e. The maximum absolute atomic E-state index is 14.3. The summed E-state index contributed by atoms with van der Waals surface area (Å²) >= 11 is 0. The molecule has 16 heteroatoms. The molecule has 2 aromatic carbocycles. The fraction of sp³-hybridized carbons (Fsp3) is 0.500. The van der Waals surface area contributed by atoms with E-state index in [9.17, 15) is 32.4 Å². The van der Waals surface area contributed by atoms with Crippen LogP contribution in [-0.4, -0.2) is 97.6 Å². The molecule has 6 rings (SSSR count). The molecule has 2 aromatic rings. The number of rotatable bonds is 7. The van der Waals surface area contributed by atoms with Crippen molar-refractivity contribution in [3.63, 3.8) is 0 Å². The zero-order valence-corrected chi connectivity index (χ0v) is 31.4. The standard InChI is InChI=1S/C38H47N5O10S/c1-37(2,3)53-36(48)40-30-23-51-19-11-5-8-14-25-21-38(25,34(46)42-54(49,50)27-17-18-27)41-32(44)31-20-26(22-43(31)33(30)45)52-35(47)39-29-16-10-9-15-28(29)24-12-6-4-7-13-24/h4,6-10,12-16,25-27,30-31H,5,11,17-23H2,1-3H3,(H,39,47)(H,40,48)(H,41,44)(H,42,46)/t25-,26-,30+,31+,38-/m1/s1. The number of fused-ring (bicyclic) bond motifs is 2. The summed E-state index contributed by atoms with van der Waals surface area (Å²) in [5, 5.41) is 7.45. The number of nitrogens with one attached hydrogen (secondary N) is 4. The number of benzene rings is 2. The number of carbonyl (C=O) groups excluding carboxylic acids is 5. The Labute approximate surface area is 314 Å². The average Bonchev–Trinajstić information content (AvgIpc) is 4.03. The van der Waals surface area contributed by atoms with Gasteiger partial charge in [0.2, 0.25) is 21.8 Å². The SMILES string of the molecule is CC(C)(C)OC(=O)N[C@H]1COCCCC=C[C@@H]2C[C@@]2(C(=O)NS(=O)(=O)C2CC2)NC(=O)[C@@H]2C[C@@H](OC(=O)Nc3ccccc3-c3ccccc3)CN2C1=O. The lowest BCUT2D eigenvalue weighted by atomic mass is 10.0. The number of para-hydroxylation sites is 1. The third-order valence-corrected chi connectivity index (χ3v) is 11.5. The van der Waals surface area contributed by atoms with Gasteiger partial charge < -0.3 is 29.7 Å². The summed E-state index contributed by atoms with van der Waals surface area (Å²) < 4.78 is 44.7. The first-order chi connectivity index (χ1) is 25.6. The van der Waals surface area contributed by atoms with Crippen LogP contribution in [0.3, 0.4) is 0 Å². The molecule has 15 nitrogen and oxygen atoms in total. The van der Waals surface area contributed by atoms with Crippen LogP contribution in [0.4, 0.5) is 15.3 Å². The molecule has 290 valence electrons. The van der Waals surface area contributed by atoms with E-state index in [0.29, 0.717) is 31.4 Å². The van der Waals surface area contributed by atoms with Crippen LogP contribution in [0.15, 0.2) is 66.7 Å². The Morgan fingerprint density at radius 3 is 2.44 bits per heavy atom. The molecular formula is C38H47N5O10S. The van der Waals surface area contributed by atoms with E-state index >= 15 is 0 Å². The van der Waals surface area contributed by atoms with Gasteiger partial charge in [-0.1, -0.05) is 60.7 Å². The Bertz CT molecular complexity index is 1890. The van der Waals surface area contributed by atoms with Crippen LogP contribution < -0.4 is 20.7 Å². The summed E-state index contributed by atoms with van der Waals surface area (Å²) in [6.45, 7) is 4.80. The van der Waals surface area contributed by atoms with E-state index in [1.54, 1.807) is 39.0 Å². The molecule has 0 unspecified atom stereocenters. The predicted octanol–water partition coefficient (Wildman–Crippen LogP) is 3.61. The Balaban J connectivity index is 1.25. The minimum Gasteiger partial charge on any atom is -0.444 e. The largest absolute Gasteiger partial charge is 0.444 e. The number of hydrogen-bond donors (Lipinski definition) is 4. The second-order valence-electron chi connectivity index (χ2n) is 15.1. The first kappa shape index (κ1) is 38.8. The molecule has 5 atom stereocenters. The van der Waals surface area contributed by atoms with Crippen molar-refractivity contribution in [2.24, 2.45) is 5.92 Å². The number of anilines is 1. The lowest BCUT2D eigenvalue weighted by molar-refractivity contribution is -0.142. The van der Waals surface area contributed by atoms with Crippen LogP contribution in [0.25, 0.3) is 11.1 Å². The van der Waals surface area contributed by atoms with E-state index < -0.39 is 80.4 Å². The van der Waals surface area contributed by atoms with Gasteiger partial charge in [-0.25, -0.2) is 18.0 Å². The first-order valence-electron chi connectivity index (χ1n) is 18.2. The molecule has 2 saturated carbocycles. The van der Waals surface area contributed by atoms with Gasteiger partial charge in [-0.15, -0.1) is 0 Å². The van der Waals surface area contributed by atoms with E-state index in [-0.39, 0.29) is 32.6 Å². The average molecular weight is 766 g/mol. The fourth-order valence-electron chi connectivity index (χ4n) is 6.68. The van der Waals surface area contributed by atoms with Gasteiger partial charge >= 0.3 is 12.2 Å². The number of amides is 5. The summed E-state index contributed by atoms with van der Waals surface area (Å²) in [6, 6.07) is 14.1. The maximum atomic E-state index is 14.3. The minimum absolute atomic E-state index is 0.143. The van der Waals surface area contributed by atoms with Crippen molar-refractivity contribution in [3.8, 4) is 11.1 Å². The summed E-state index contributed by atoms with van der Waals surface area (Å²) in [5.41, 5.74) is -0.350. The molecule has 2 aliphatic carbocycles. The molecule has 54 heavy (non-hydrogen) atoms. The summed E-state index contributed by atoms with van der Waals surface area (Å²) in [6.07, 6.45) is 2.91. The second-order valence-corrected chi connectivity index (χ2v) is 17.1. The van der Waals surface area contributed by atoms with Crippen LogP contribution in [0, 0.1) is 5.92 Å². The molecule has 1 saturated heterocycles. The highest BCUT2D eigenvalue weighted by Gasteiger charge is 2.62. The Morgan fingerprint density at radius 2 is 1.72 bits per heavy atom. The van der Waals surface area contributed by atoms with Gasteiger partial charge in [0.1, 0.15) is 29.3 Å². The molecule has 3 fully saturated rings. The van der Waals surface area contributed by atoms with E-state index in [1.807, 2.05) is 48.5 Å². The van der Waals surface area contributed by atoms with Gasteiger partial charge in [0.05, 0.1) is 24.1 Å². The van der Waals surface area contributed by atoms with Gasteiger partial charge in [-0.05, 0) is 64.5 Å². The topological polar surface area (TPSA) is 199 Å². The highest BCUT2D eigenvalue weighted by molar-refractivity contribution is 7.91. The van der Waals surface area contributed by atoms with Gasteiger partial charge in [0.15, 0.2) is 0 Å². The lowest BCUT2D eigenvalue weighted by Crippen LogP contribution is -2.59. The summed E-state index contributed by atoms with van der Waals surface area (Å²) in [4.78, 5) is 69.5. The van der Waals surface area contributed by atoms with Crippen molar-refractivity contribution in [3.05, 3.63) is 66.7 Å². The molecule has 0 radical (unpaired) electrons. The Kier molecular flexibility index (Phi) is 11.3. The molecule has 0 aromatic heterocycles. The molecule has 2 heterocycles. The van der Waals surface area contributed by atoms with Crippen LogP contribution in [0.2, 0.25) is 0 Å². The molecule has 0 bridgehead atoms. The van der Waals surface area contributed by atoms with E-state index in [4.69, 9.17) is 14.2 Å². The highest BCUT2D eigenvalue weighted by atomic mass is 32.2. The molecule has 2 aliphatic heterocycles. The monoisotopic (exact) mass is 765 g/mol. The van der Waals surface area contributed by atoms with Gasteiger partial charge in [0.25, 0.3) is 5.91 Å². The fourth-order valence-corrected chi connectivity index (χ4v) is 8.05. The molecule has 0 spiro atoms. The van der Waals surface area contributed by atoms with E-state index in [0.717, 1.165) is 11.1 Å². The van der Waals surface area contributed by atoms with Gasteiger partial charge in [0, 0.05) is 24.5 Å². The van der Waals surface area contributed by atoms with Crippen LogP contribution in [0.1, 0.15) is 59.3 Å². The third kappa shape index (κ3) is 9.39. The highest BCUT2D eigenvalue weighted by Crippen LogP contribution is 2.46. The van der Waals surface area contributed by atoms with E-state index in [2.05, 4.69) is 20.7 Å². The number of hydrogen-bond acceptors (Lipinski definition) is 10. The van der Waals surface area contributed by atoms with Crippen molar-refractivity contribution in [2.45, 2.75) is 93.9 Å². The number of alkyl carbamates (subject to hydrolysis) is 1. The summed E-state index contributed by atoms with van der Waals surface area (Å²) in [5.74, 6) is -2.80. The molecule has 4 N–H and O–H groups in total. The number of carbonyl (C=O) groups is 5. The third-order valence-electron chi connectivity index (χ3n) is 9.64. The zero-order valence-electron chi connectivity index (χ0n) is 30.5. The van der Waals surface area contributed by atoms with Gasteiger partial charge in [-0.2, -0.15) is 0 Å². The van der Waals surface area contributed by atoms with Gasteiger partial charge in [-0.3, -0.25) is 24.4 Å². The minimum atomic E-state index is -3.93. The van der Waals surface area contributed by atoms with Crippen molar-refractivity contribution < 1.29 is 46.6 Å². The summed E-state index contributed by atoms with van der Waals surface area (Å²) in [7, 11) is -3.93. The van der Waals surface area contributed by atoms with Crippen LogP contribution in [0.5, 0.6) is 0 Å². The van der Waals surface area contributed by atoms with Crippen molar-refractivity contribution in [1.29, 1.82) is 0 Å². The van der Waals surface area contributed by atoms with Crippen molar-refractivity contribution >= 4 is 45.6 Å². The van der Waals surface area contributed by atoms with Crippen LogP contribution >= 0.6 is 0 Å². The zero-order chi connectivity index (χ0) is 38.7.